The summed E-state index contributed by atoms with van der Waals surface area (Å²) < 4.78 is 43.5. The van der Waals surface area contributed by atoms with Gasteiger partial charge in [-0.1, -0.05) is 0 Å². The van der Waals surface area contributed by atoms with Gasteiger partial charge in [-0.3, -0.25) is 0 Å². The van der Waals surface area contributed by atoms with Crippen LogP contribution in [0.4, 0.5) is 18.0 Å². The van der Waals surface area contributed by atoms with Gasteiger partial charge in [-0.05, 0) is 12.8 Å². The third-order valence-electron chi connectivity index (χ3n) is 3.14. The molecule has 17 heavy (non-hydrogen) atoms. The van der Waals surface area contributed by atoms with Gasteiger partial charge in [-0.15, -0.1) is 0 Å². The summed E-state index contributed by atoms with van der Waals surface area (Å²) in [6.07, 6.45) is -5.33. The van der Waals surface area contributed by atoms with Crippen LogP contribution in [0.15, 0.2) is 0 Å². The third-order valence-corrected chi connectivity index (χ3v) is 3.14. The van der Waals surface area contributed by atoms with Gasteiger partial charge < -0.3 is 15.2 Å². The molecule has 0 spiro atoms. The summed E-state index contributed by atoms with van der Waals surface area (Å²) >= 11 is 0. The average molecular weight is 254 g/mol. The van der Waals surface area contributed by atoms with Crippen LogP contribution in [0.1, 0.15) is 12.8 Å². The lowest BCUT2D eigenvalue weighted by Gasteiger charge is -2.48. The number of hydrogen-bond acceptors (Lipinski definition) is 3. The Morgan fingerprint density at radius 2 is 1.82 bits per heavy atom. The van der Waals surface area contributed by atoms with E-state index in [1.807, 2.05) is 0 Å². The lowest BCUT2D eigenvalue weighted by Crippen LogP contribution is -2.64. The first-order valence-electron chi connectivity index (χ1n) is 5.30. The lowest BCUT2D eigenvalue weighted by molar-refractivity contribution is -0.301. The fraction of sp³-hybridized carbons (Fsp3) is 0.889. The Morgan fingerprint density at radius 1 is 1.29 bits per heavy atom. The minimum Gasteiger partial charge on any atom is -0.465 e. The zero-order valence-electron chi connectivity index (χ0n) is 8.91. The predicted octanol–water partition coefficient (Wildman–Crippen LogP) is 1.01. The molecule has 1 amide bonds. The van der Waals surface area contributed by atoms with Crippen LogP contribution < -0.4 is 5.32 Å². The zero-order chi connectivity index (χ0) is 12.6. The molecule has 2 fully saturated rings. The topological polar surface area (TPSA) is 61.8 Å². The van der Waals surface area contributed by atoms with E-state index in [9.17, 15) is 18.0 Å². The smallest absolute Gasteiger partial charge is 0.460 e. The van der Waals surface area contributed by atoms with E-state index in [0.29, 0.717) is 4.90 Å². The summed E-state index contributed by atoms with van der Waals surface area (Å²) in [4.78, 5) is 11.0. The van der Waals surface area contributed by atoms with E-state index in [1.54, 1.807) is 0 Å². The van der Waals surface area contributed by atoms with Gasteiger partial charge in [0.1, 0.15) is 0 Å². The van der Waals surface area contributed by atoms with Crippen molar-refractivity contribution in [3.8, 4) is 0 Å². The van der Waals surface area contributed by atoms with E-state index in [-0.39, 0.29) is 26.1 Å². The number of morpholine rings is 1. The minimum absolute atomic E-state index is 0.00614. The molecular formula is C9H13F3N2O3. The molecule has 0 saturated carbocycles. The Morgan fingerprint density at radius 3 is 2.24 bits per heavy atom. The van der Waals surface area contributed by atoms with Crippen LogP contribution in [-0.2, 0) is 4.74 Å². The van der Waals surface area contributed by atoms with Gasteiger partial charge in [0.25, 0.3) is 0 Å². The van der Waals surface area contributed by atoms with Crippen LogP contribution in [0.25, 0.3) is 0 Å². The standard InChI is InChI=1S/C9H13F3N2O3/c10-9(11,12)14-6-1-5(13-8(15)16)2-7(14)4-17-3-6/h5-7,13H,1-4H2,(H,15,16)/t5?,6-,7+. The molecule has 3 atom stereocenters. The van der Waals surface area contributed by atoms with Crippen LogP contribution >= 0.6 is 0 Å². The van der Waals surface area contributed by atoms with Crippen LogP contribution in [0.3, 0.4) is 0 Å². The summed E-state index contributed by atoms with van der Waals surface area (Å²) in [5, 5.41) is 10.8. The van der Waals surface area contributed by atoms with Gasteiger partial charge in [0.2, 0.25) is 0 Å². The fourth-order valence-electron chi connectivity index (χ4n) is 2.62. The molecule has 2 aliphatic heterocycles. The van der Waals surface area contributed by atoms with Crippen molar-refractivity contribution in [3.05, 3.63) is 0 Å². The molecule has 0 aliphatic carbocycles. The number of amides is 1. The highest BCUT2D eigenvalue weighted by atomic mass is 19.4. The van der Waals surface area contributed by atoms with Crippen molar-refractivity contribution in [1.29, 1.82) is 0 Å². The predicted molar refractivity (Wildman–Crippen MR) is 50.5 cm³/mol. The van der Waals surface area contributed by atoms with Gasteiger partial charge in [-0.2, -0.15) is 13.2 Å². The van der Waals surface area contributed by atoms with Crippen LogP contribution in [0.5, 0.6) is 0 Å². The first kappa shape index (κ1) is 12.4. The van der Waals surface area contributed by atoms with Crippen molar-refractivity contribution in [3.63, 3.8) is 0 Å². The SMILES string of the molecule is O=C(O)NC1C[C@H]2COC[C@@H](C1)N2C(F)(F)F. The number of fused-ring (bicyclic) bond motifs is 2. The van der Waals surface area contributed by atoms with E-state index in [1.165, 1.54) is 0 Å². The largest absolute Gasteiger partial charge is 0.465 e. The summed E-state index contributed by atoms with van der Waals surface area (Å²) in [6.45, 7) is -0.0123. The summed E-state index contributed by atoms with van der Waals surface area (Å²) in [5.74, 6) is 0. The lowest BCUT2D eigenvalue weighted by atomic mass is 9.90. The molecule has 5 nitrogen and oxygen atoms in total. The molecule has 1 unspecified atom stereocenters. The van der Waals surface area contributed by atoms with Crippen molar-refractivity contribution in [1.82, 2.24) is 10.2 Å². The molecule has 2 bridgehead atoms. The van der Waals surface area contributed by atoms with Gasteiger partial charge in [-0.25, -0.2) is 9.69 Å². The quantitative estimate of drug-likeness (QED) is 0.685. The Balaban J connectivity index is 2.08. The molecule has 0 radical (unpaired) electrons. The van der Waals surface area contributed by atoms with Crippen molar-refractivity contribution in [2.45, 2.75) is 37.3 Å². The molecule has 2 aliphatic rings. The number of carbonyl (C=O) groups is 1. The average Bonchev–Trinajstić information content (AvgIpc) is 2.13. The second kappa shape index (κ2) is 4.34. The Bertz CT molecular complexity index is 296. The Kier molecular flexibility index (Phi) is 3.17. The fourth-order valence-corrected chi connectivity index (χ4v) is 2.62. The van der Waals surface area contributed by atoms with E-state index in [4.69, 9.17) is 9.84 Å². The summed E-state index contributed by atoms with van der Waals surface area (Å²) in [5.41, 5.74) is 0. The van der Waals surface area contributed by atoms with Crippen LogP contribution in [0.2, 0.25) is 0 Å². The number of nitrogens with one attached hydrogen (secondary N) is 1. The maximum absolute atomic E-state index is 12.8. The van der Waals surface area contributed by atoms with Gasteiger partial charge in [0.15, 0.2) is 0 Å². The Labute approximate surface area is 95.5 Å². The molecule has 2 saturated heterocycles. The van der Waals surface area contributed by atoms with Gasteiger partial charge in [0, 0.05) is 18.1 Å². The number of rotatable bonds is 1. The van der Waals surface area contributed by atoms with E-state index >= 15 is 0 Å². The number of piperidine rings is 1. The second-order valence-electron chi connectivity index (χ2n) is 4.34. The summed E-state index contributed by atoms with van der Waals surface area (Å²) in [7, 11) is 0. The molecule has 2 N–H and O–H groups in total. The van der Waals surface area contributed by atoms with Crippen molar-refractivity contribution < 1.29 is 27.8 Å². The highest BCUT2D eigenvalue weighted by molar-refractivity contribution is 5.64. The van der Waals surface area contributed by atoms with E-state index in [2.05, 4.69) is 5.32 Å². The molecule has 2 rings (SSSR count). The molecular weight excluding hydrogens is 241 g/mol. The number of ether oxygens (including phenoxy) is 1. The van der Waals surface area contributed by atoms with E-state index < -0.39 is 30.5 Å². The number of carboxylic acid groups (broad SMARTS) is 1. The Hall–Kier alpha value is -1.02. The third kappa shape index (κ3) is 2.63. The number of hydrogen-bond donors (Lipinski definition) is 2. The number of nitrogens with zero attached hydrogens (tertiary/aromatic N) is 1. The van der Waals surface area contributed by atoms with E-state index in [0.717, 1.165) is 0 Å². The first-order valence-corrected chi connectivity index (χ1v) is 5.30. The number of halogens is 3. The highest BCUT2D eigenvalue weighted by Crippen LogP contribution is 2.36. The molecule has 98 valence electrons. The van der Waals surface area contributed by atoms with Crippen LogP contribution in [-0.4, -0.2) is 53.7 Å². The normalized spacial score (nSPS) is 34.4. The second-order valence-corrected chi connectivity index (χ2v) is 4.34. The first-order chi connectivity index (χ1) is 7.88. The highest BCUT2D eigenvalue weighted by Gasteiger charge is 2.51. The van der Waals surface area contributed by atoms with Crippen molar-refractivity contribution in [2.24, 2.45) is 0 Å². The monoisotopic (exact) mass is 254 g/mol. The zero-order valence-corrected chi connectivity index (χ0v) is 8.91. The van der Waals surface area contributed by atoms with Gasteiger partial charge in [0.05, 0.1) is 13.2 Å². The summed E-state index contributed by atoms with van der Waals surface area (Å²) in [6, 6.07) is -2.01. The maximum atomic E-state index is 12.8. The van der Waals surface area contributed by atoms with Crippen molar-refractivity contribution in [2.75, 3.05) is 13.2 Å². The molecule has 2 heterocycles. The molecule has 0 aromatic heterocycles. The maximum Gasteiger partial charge on any atom is 0.460 e. The van der Waals surface area contributed by atoms with Crippen LogP contribution in [0, 0.1) is 0 Å². The number of alkyl halides is 3. The molecule has 0 aromatic rings. The minimum atomic E-state index is -4.38. The van der Waals surface area contributed by atoms with Gasteiger partial charge >= 0.3 is 12.4 Å². The molecule has 8 heteroatoms. The van der Waals surface area contributed by atoms with Crippen molar-refractivity contribution >= 4 is 6.09 Å². The molecule has 0 aromatic carbocycles.